The van der Waals surface area contributed by atoms with Crippen LogP contribution in [-0.4, -0.2) is 33.1 Å². The molecule has 3 aromatic carbocycles. The first-order valence-electron chi connectivity index (χ1n) is 10.3. The minimum absolute atomic E-state index is 0.00381. The van der Waals surface area contributed by atoms with Crippen LogP contribution in [0.3, 0.4) is 0 Å². The summed E-state index contributed by atoms with van der Waals surface area (Å²) in [6.07, 6.45) is -1.03. The molecule has 166 valence electrons. The third kappa shape index (κ3) is 4.55. The summed E-state index contributed by atoms with van der Waals surface area (Å²) in [4.78, 5) is 13.2. The van der Waals surface area contributed by atoms with Gasteiger partial charge in [0, 0.05) is 11.8 Å². The second kappa shape index (κ2) is 8.92. The van der Waals surface area contributed by atoms with Crippen LogP contribution in [0.4, 0.5) is 11.4 Å². The number of amides is 1. The number of carbonyl (C=O) groups excluding carboxylic acids is 1. The van der Waals surface area contributed by atoms with Crippen molar-refractivity contribution >= 4 is 27.3 Å². The van der Waals surface area contributed by atoms with Gasteiger partial charge in [-0.3, -0.25) is 9.10 Å². The zero-order valence-corrected chi connectivity index (χ0v) is 18.6. The molecule has 0 aliphatic carbocycles. The molecule has 32 heavy (non-hydrogen) atoms. The molecule has 7 nitrogen and oxygen atoms in total. The van der Waals surface area contributed by atoms with E-state index in [-0.39, 0.29) is 17.5 Å². The number of anilines is 2. The molecule has 8 heteroatoms. The molecule has 0 radical (unpaired) electrons. The fraction of sp³-hybridized carbons (Fsp3) is 0.208. The van der Waals surface area contributed by atoms with Gasteiger partial charge in [-0.1, -0.05) is 36.4 Å². The molecule has 0 spiro atoms. The molecular weight excluding hydrogens is 428 g/mol. The lowest BCUT2D eigenvalue weighted by atomic mass is 10.2. The van der Waals surface area contributed by atoms with Gasteiger partial charge in [0.05, 0.1) is 23.2 Å². The van der Waals surface area contributed by atoms with Crippen LogP contribution >= 0.6 is 0 Å². The lowest BCUT2D eigenvalue weighted by Gasteiger charge is -2.34. The van der Waals surface area contributed by atoms with E-state index in [4.69, 9.17) is 9.47 Å². The summed E-state index contributed by atoms with van der Waals surface area (Å²) in [5.74, 6) is 0.505. The number of rotatable bonds is 6. The molecule has 1 amide bonds. The van der Waals surface area contributed by atoms with Gasteiger partial charge in [0.15, 0.2) is 6.10 Å². The van der Waals surface area contributed by atoms with Crippen molar-refractivity contribution in [1.82, 2.24) is 0 Å². The minimum atomic E-state index is -3.88. The first-order valence-corrected chi connectivity index (χ1v) is 11.7. The first-order chi connectivity index (χ1) is 15.3. The van der Waals surface area contributed by atoms with Gasteiger partial charge >= 0.3 is 0 Å². The van der Waals surface area contributed by atoms with Crippen LogP contribution in [0.2, 0.25) is 0 Å². The van der Waals surface area contributed by atoms with Gasteiger partial charge in [0.25, 0.3) is 15.9 Å². The summed E-state index contributed by atoms with van der Waals surface area (Å²) >= 11 is 0. The fourth-order valence-electron chi connectivity index (χ4n) is 3.43. The van der Waals surface area contributed by atoms with E-state index in [0.29, 0.717) is 22.9 Å². The fourth-order valence-corrected chi connectivity index (χ4v) is 4.93. The summed E-state index contributed by atoms with van der Waals surface area (Å²) in [7, 11) is -3.88. The van der Waals surface area contributed by atoms with E-state index in [1.165, 1.54) is 16.4 Å². The summed E-state index contributed by atoms with van der Waals surface area (Å²) in [5, 5.41) is 2.80. The smallest absolute Gasteiger partial charge is 0.267 e. The number of carbonyl (C=O) groups is 1. The zero-order chi connectivity index (χ0) is 22.7. The Bertz CT molecular complexity index is 1210. The number of ether oxygens (including phenoxy) is 2. The number of hydrogen-bond acceptors (Lipinski definition) is 5. The molecule has 3 aromatic rings. The van der Waals surface area contributed by atoms with Gasteiger partial charge in [0.1, 0.15) is 11.5 Å². The van der Waals surface area contributed by atoms with Gasteiger partial charge < -0.3 is 14.8 Å². The number of sulfonamides is 1. The standard InChI is InChI=1S/C24H24N2O5S/c1-17(2)30-19-10-8-9-18(15-19)25-24(27)23-16-26(21-13-6-7-14-22(21)31-23)32(28,29)20-11-4-3-5-12-20/h3-15,17,23H,16H2,1-2H3,(H,25,27). The van der Waals surface area contributed by atoms with Crippen molar-refractivity contribution in [2.75, 3.05) is 16.2 Å². The Labute approximate surface area is 187 Å². The van der Waals surface area contributed by atoms with Crippen molar-refractivity contribution in [2.24, 2.45) is 0 Å². The largest absolute Gasteiger partial charge is 0.491 e. The lowest BCUT2D eigenvalue weighted by Crippen LogP contribution is -2.48. The molecule has 1 unspecified atom stereocenters. The number of nitrogens with one attached hydrogen (secondary N) is 1. The lowest BCUT2D eigenvalue weighted by molar-refractivity contribution is -0.122. The second-order valence-corrected chi connectivity index (χ2v) is 9.47. The highest BCUT2D eigenvalue weighted by atomic mass is 32.2. The van der Waals surface area contributed by atoms with Gasteiger partial charge in [-0.25, -0.2) is 8.42 Å². The predicted molar refractivity (Wildman–Crippen MR) is 123 cm³/mol. The van der Waals surface area contributed by atoms with E-state index in [0.717, 1.165) is 0 Å². The molecule has 1 heterocycles. The van der Waals surface area contributed by atoms with Crippen LogP contribution in [0.5, 0.6) is 11.5 Å². The van der Waals surface area contributed by atoms with Crippen LogP contribution in [0, 0.1) is 0 Å². The maximum absolute atomic E-state index is 13.3. The van der Waals surface area contributed by atoms with E-state index < -0.39 is 22.0 Å². The molecular formula is C24H24N2O5S. The van der Waals surface area contributed by atoms with Gasteiger partial charge in [-0.2, -0.15) is 0 Å². The Morgan fingerprint density at radius 2 is 1.75 bits per heavy atom. The quantitative estimate of drug-likeness (QED) is 0.610. The topological polar surface area (TPSA) is 84.9 Å². The molecule has 0 saturated carbocycles. The molecule has 4 rings (SSSR count). The highest BCUT2D eigenvalue weighted by molar-refractivity contribution is 7.92. The van der Waals surface area contributed by atoms with E-state index in [1.807, 2.05) is 13.8 Å². The Hall–Kier alpha value is -3.52. The summed E-state index contributed by atoms with van der Waals surface area (Å²) in [5.41, 5.74) is 0.931. The van der Waals surface area contributed by atoms with Crippen LogP contribution in [0.1, 0.15) is 13.8 Å². The molecule has 1 aliphatic rings. The van der Waals surface area contributed by atoms with Crippen molar-refractivity contribution in [3.05, 3.63) is 78.9 Å². The maximum atomic E-state index is 13.3. The zero-order valence-electron chi connectivity index (χ0n) is 17.8. The van der Waals surface area contributed by atoms with Crippen molar-refractivity contribution in [3.63, 3.8) is 0 Å². The summed E-state index contributed by atoms with van der Waals surface area (Å²) < 4.78 is 39.5. The van der Waals surface area contributed by atoms with Crippen molar-refractivity contribution < 1.29 is 22.7 Å². The summed E-state index contributed by atoms with van der Waals surface area (Å²) in [6.45, 7) is 3.68. The van der Waals surface area contributed by atoms with Crippen molar-refractivity contribution in [1.29, 1.82) is 0 Å². The predicted octanol–water partition coefficient (Wildman–Crippen LogP) is 4.07. The van der Waals surface area contributed by atoms with Crippen LogP contribution in [-0.2, 0) is 14.8 Å². The Morgan fingerprint density at radius 3 is 2.50 bits per heavy atom. The van der Waals surface area contributed by atoms with E-state index in [2.05, 4.69) is 5.32 Å². The molecule has 0 fully saturated rings. The SMILES string of the molecule is CC(C)Oc1cccc(NC(=O)C2CN(S(=O)(=O)c3ccccc3)c3ccccc3O2)c1. The molecule has 0 saturated heterocycles. The Balaban J connectivity index is 1.61. The monoisotopic (exact) mass is 452 g/mol. The first kappa shape index (κ1) is 21.7. The summed E-state index contributed by atoms with van der Waals surface area (Å²) in [6, 6.07) is 21.9. The number of fused-ring (bicyclic) bond motifs is 1. The maximum Gasteiger partial charge on any atom is 0.267 e. The highest BCUT2D eigenvalue weighted by Crippen LogP contribution is 2.37. The van der Waals surface area contributed by atoms with E-state index in [9.17, 15) is 13.2 Å². The van der Waals surface area contributed by atoms with Gasteiger partial charge in [-0.15, -0.1) is 0 Å². The van der Waals surface area contributed by atoms with E-state index in [1.54, 1.807) is 66.7 Å². The minimum Gasteiger partial charge on any atom is -0.491 e. The molecule has 1 atom stereocenters. The highest BCUT2D eigenvalue weighted by Gasteiger charge is 2.37. The number of hydrogen-bond donors (Lipinski definition) is 1. The van der Waals surface area contributed by atoms with Crippen LogP contribution in [0.25, 0.3) is 0 Å². The van der Waals surface area contributed by atoms with Crippen molar-refractivity contribution in [3.8, 4) is 11.5 Å². The Morgan fingerprint density at radius 1 is 1.03 bits per heavy atom. The van der Waals surface area contributed by atoms with Gasteiger partial charge in [0.2, 0.25) is 0 Å². The normalized spacial score (nSPS) is 15.6. The third-order valence-electron chi connectivity index (χ3n) is 4.83. The molecule has 1 N–H and O–H groups in total. The second-order valence-electron chi connectivity index (χ2n) is 7.61. The third-order valence-corrected chi connectivity index (χ3v) is 6.63. The number of nitrogens with zero attached hydrogens (tertiary/aromatic N) is 1. The van der Waals surface area contributed by atoms with Crippen LogP contribution < -0.4 is 19.1 Å². The average Bonchev–Trinajstić information content (AvgIpc) is 2.78. The molecule has 1 aliphatic heterocycles. The molecule has 0 aromatic heterocycles. The van der Waals surface area contributed by atoms with Crippen LogP contribution in [0.15, 0.2) is 83.8 Å². The average molecular weight is 453 g/mol. The molecule has 0 bridgehead atoms. The van der Waals surface area contributed by atoms with Crippen molar-refractivity contribution in [2.45, 2.75) is 31.0 Å². The van der Waals surface area contributed by atoms with Gasteiger partial charge in [-0.05, 0) is 50.2 Å². The Kier molecular flexibility index (Phi) is 6.05. The van der Waals surface area contributed by atoms with E-state index >= 15 is 0 Å². The number of benzene rings is 3. The number of para-hydroxylation sites is 2.